The minimum atomic E-state index is -0.615. The summed E-state index contributed by atoms with van der Waals surface area (Å²) in [6, 6.07) is 1.44. The summed E-state index contributed by atoms with van der Waals surface area (Å²) in [6.07, 6.45) is 7.85. The van der Waals surface area contributed by atoms with Crippen molar-refractivity contribution in [2.75, 3.05) is 24.5 Å². The molecule has 4 heterocycles. The summed E-state index contributed by atoms with van der Waals surface area (Å²) < 4.78 is 2.77. The summed E-state index contributed by atoms with van der Waals surface area (Å²) >= 11 is 6.07. The number of fused-ring (bicyclic) bond motifs is 1. The number of carbonyl (C=O) groups excluding carboxylic acids is 1. The highest BCUT2D eigenvalue weighted by Crippen LogP contribution is 2.27. The molecule has 1 aliphatic heterocycles. The average molecular weight is 514 g/mol. The zero-order valence-corrected chi connectivity index (χ0v) is 20.7. The number of aliphatic hydroxyl groups is 1. The van der Waals surface area contributed by atoms with Gasteiger partial charge in [0.05, 0.1) is 22.2 Å². The number of hydrogen-bond acceptors (Lipinski definition) is 8. The Morgan fingerprint density at radius 2 is 1.81 bits per heavy atom. The monoisotopic (exact) mass is 513 g/mol. The minimum absolute atomic E-state index is 0.196. The van der Waals surface area contributed by atoms with E-state index in [1.807, 2.05) is 4.90 Å². The molecule has 2 aliphatic rings. The summed E-state index contributed by atoms with van der Waals surface area (Å²) in [5.41, 5.74) is 0.113. The first kappa shape index (κ1) is 24.4. The zero-order chi connectivity index (χ0) is 25.4. The van der Waals surface area contributed by atoms with E-state index in [2.05, 4.69) is 20.3 Å². The molecule has 1 saturated carbocycles. The van der Waals surface area contributed by atoms with Crippen LogP contribution in [-0.4, -0.2) is 60.8 Å². The molecule has 190 valence electrons. The second-order valence-corrected chi connectivity index (χ2v) is 10.0. The summed E-state index contributed by atoms with van der Waals surface area (Å²) in [7, 11) is 1.54. The molecule has 0 radical (unpaired) electrons. The fourth-order valence-electron chi connectivity index (χ4n) is 5.14. The molecule has 1 amide bonds. The molecule has 2 N–H and O–H groups in total. The number of anilines is 1. The number of hydrogen-bond donors (Lipinski definition) is 2. The number of aliphatic hydroxyl groups excluding tert-OH is 1. The predicted molar refractivity (Wildman–Crippen MR) is 134 cm³/mol. The third kappa shape index (κ3) is 4.72. The number of nitrogens with one attached hydrogen (secondary N) is 1. The van der Waals surface area contributed by atoms with Gasteiger partial charge < -0.3 is 19.9 Å². The van der Waals surface area contributed by atoms with Gasteiger partial charge in [0.2, 0.25) is 5.95 Å². The van der Waals surface area contributed by atoms with Gasteiger partial charge in [-0.15, -0.1) is 0 Å². The maximum absolute atomic E-state index is 12.9. The largest absolute Gasteiger partial charge is 0.393 e. The Balaban J connectivity index is 1.25. The van der Waals surface area contributed by atoms with Crippen LogP contribution in [0.25, 0.3) is 11.2 Å². The van der Waals surface area contributed by atoms with Gasteiger partial charge in [0, 0.05) is 51.3 Å². The van der Waals surface area contributed by atoms with Crippen molar-refractivity contribution < 1.29 is 9.90 Å². The first-order chi connectivity index (χ1) is 17.3. The molecular weight excluding hydrogens is 486 g/mol. The quantitative estimate of drug-likeness (QED) is 0.487. The third-order valence-electron chi connectivity index (χ3n) is 7.19. The molecule has 1 saturated heterocycles. The van der Waals surface area contributed by atoms with Crippen molar-refractivity contribution in [3.8, 4) is 0 Å². The SMILES string of the molecule is Cn1c(=O)c(=O)n(C2CCN(c3ncc(C(=O)NCC4CCC(O)C4)cn3)CC2)c2ncc(Cl)cc21. The van der Waals surface area contributed by atoms with Crippen molar-refractivity contribution in [3.05, 3.63) is 56.0 Å². The molecule has 0 aromatic carbocycles. The lowest BCUT2D eigenvalue weighted by molar-refractivity contribution is 0.0944. The van der Waals surface area contributed by atoms with Gasteiger partial charge in [-0.1, -0.05) is 11.6 Å². The van der Waals surface area contributed by atoms with Gasteiger partial charge in [-0.25, -0.2) is 15.0 Å². The van der Waals surface area contributed by atoms with Crippen molar-refractivity contribution in [2.45, 2.75) is 44.2 Å². The van der Waals surface area contributed by atoms with E-state index in [1.54, 1.807) is 6.07 Å². The fraction of sp³-hybridized carbons (Fsp3) is 0.500. The van der Waals surface area contributed by atoms with Gasteiger partial charge in [-0.3, -0.25) is 19.0 Å². The van der Waals surface area contributed by atoms with Gasteiger partial charge in [-0.2, -0.15) is 0 Å². The lowest BCUT2D eigenvalue weighted by atomic mass is 10.0. The minimum Gasteiger partial charge on any atom is -0.393 e. The number of aromatic nitrogens is 5. The second kappa shape index (κ2) is 9.98. The first-order valence-corrected chi connectivity index (χ1v) is 12.5. The van der Waals surface area contributed by atoms with Gasteiger partial charge in [0.15, 0.2) is 5.65 Å². The van der Waals surface area contributed by atoms with Crippen molar-refractivity contribution in [2.24, 2.45) is 13.0 Å². The molecule has 3 aromatic rings. The normalized spacial score (nSPS) is 20.7. The van der Waals surface area contributed by atoms with E-state index in [0.29, 0.717) is 66.1 Å². The van der Waals surface area contributed by atoms with Crippen molar-refractivity contribution in [1.29, 1.82) is 0 Å². The Morgan fingerprint density at radius 1 is 1.08 bits per heavy atom. The molecule has 11 nitrogen and oxygen atoms in total. The maximum atomic E-state index is 12.9. The van der Waals surface area contributed by atoms with Gasteiger partial charge in [-0.05, 0) is 44.1 Å². The van der Waals surface area contributed by atoms with Crippen LogP contribution in [0.5, 0.6) is 0 Å². The van der Waals surface area contributed by atoms with Crippen LogP contribution in [0.15, 0.2) is 34.2 Å². The first-order valence-electron chi connectivity index (χ1n) is 12.1. The van der Waals surface area contributed by atoms with Crippen LogP contribution in [0.4, 0.5) is 5.95 Å². The van der Waals surface area contributed by atoms with Crippen LogP contribution >= 0.6 is 11.6 Å². The van der Waals surface area contributed by atoms with E-state index in [1.165, 1.54) is 34.8 Å². The highest BCUT2D eigenvalue weighted by Gasteiger charge is 2.27. The summed E-state index contributed by atoms with van der Waals surface area (Å²) in [5, 5.41) is 12.9. The van der Waals surface area contributed by atoms with Crippen LogP contribution in [0.1, 0.15) is 48.5 Å². The predicted octanol–water partition coefficient (Wildman–Crippen LogP) is 1.27. The van der Waals surface area contributed by atoms with Crippen molar-refractivity contribution in [1.82, 2.24) is 29.4 Å². The van der Waals surface area contributed by atoms with Crippen molar-refractivity contribution >= 4 is 34.6 Å². The van der Waals surface area contributed by atoms with E-state index in [9.17, 15) is 19.5 Å². The van der Waals surface area contributed by atoms with E-state index < -0.39 is 11.1 Å². The maximum Gasteiger partial charge on any atom is 0.318 e. The molecule has 0 bridgehead atoms. The second-order valence-electron chi connectivity index (χ2n) is 9.57. The Hall–Kier alpha value is -3.31. The average Bonchev–Trinajstić information content (AvgIpc) is 3.32. The van der Waals surface area contributed by atoms with Crippen molar-refractivity contribution in [3.63, 3.8) is 0 Å². The Morgan fingerprint density at radius 3 is 2.47 bits per heavy atom. The molecule has 2 fully saturated rings. The highest BCUT2D eigenvalue weighted by molar-refractivity contribution is 6.31. The Bertz CT molecular complexity index is 1400. The molecule has 3 aromatic heterocycles. The summed E-state index contributed by atoms with van der Waals surface area (Å²) in [5.74, 6) is 0.577. The van der Waals surface area contributed by atoms with E-state index in [-0.39, 0.29) is 18.1 Å². The van der Waals surface area contributed by atoms with Crippen LogP contribution in [-0.2, 0) is 7.05 Å². The molecule has 1 aliphatic carbocycles. The smallest absolute Gasteiger partial charge is 0.318 e. The molecule has 2 unspecified atom stereocenters. The highest BCUT2D eigenvalue weighted by atomic mass is 35.5. The van der Waals surface area contributed by atoms with E-state index in [0.717, 1.165) is 19.3 Å². The van der Waals surface area contributed by atoms with Gasteiger partial charge in [0.1, 0.15) is 0 Å². The van der Waals surface area contributed by atoms with Gasteiger partial charge in [0.25, 0.3) is 5.91 Å². The molecular formula is C24H28ClN7O4. The standard InChI is InChI=1S/C24H28ClN7O4/c1-30-19-9-16(25)13-26-20(19)32(23(36)22(30)35)17-4-6-31(7-5-17)24-28-11-15(12-29-24)21(34)27-10-14-2-3-18(33)8-14/h9,11-14,17-18,33H,2-8,10H2,1H3,(H,27,34). The zero-order valence-electron chi connectivity index (χ0n) is 19.9. The molecule has 36 heavy (non-hydrogen) atoms. The molecule has 2 atom stereocenters. The number of piperidine rings is 1. The number of carbonyl (C=O) groups is 1. The van der Waals surface area contributed by atoms with Crippen LogP contribution in [0, 0.1) is 5.92 Å². The van der Waals surface area contributed by atoms with E-state index >= 15 is 0 Å². The Kier molecular flexibility index (Phi) is 6.76. The number of nitrogens with zero attached hydrogens (tertiary/aromatic N) is 6. The lowest BCUT2D eigenvalue weighted by Gasteiger charge is -2.33. The van der Waals surface area contributed by atoms with Gasteiger partial charge >= 0.3 is 11.1 Å². The fourth-order valence-corrected chi connectivity index (χ4v) is 5.30. The van der Waals surface area contributed by atoms with Crippen LogP contribution < -0.4 is 21.3 Å². The van der Waals surface area contributed by atoms with Crippen LogP contribution in [0.2, 0.25) is 5.02 Å². The van der Waals surface area contributed by atoms with E-state index in [4.69, 9.17) is 11.6 Å². The third-order valence-corrected chi connectivity index (χ3v) is 7.39. The number of rotatable bonds is 5. The number of halogens is 1. The Labute approximate surface area is 211 Å². The number of aryl methyl sites for hydroxylation is 1. The topological polar surface area (TPSA) is 135 Å². The summed E-state index contributed by atoms with van der Waals surface area (Å²) in [6.45, 7) is 1.69. The number of pyridine rings is 1. The lowest BCUT2D eigenvalue weighted by Crippen LogP contribution is -2.45. The molecule has 0 spiro atoms. The molecule has 12 heteroatoms. The number of amides is 1. The summed E-state index contributed by atoms with van der Waals surface area (Å²) in [4.78, 5) is 53.0. The van der Waals surface area contributed by atoms with Crippen LogP contribution in [0.3, 0.4) is 0 Å². The molecule has 5 rings (SSSR count).